The average Bonchev–Trinajstić information content (AvgIpc) is 2.04. The van der Waals surface area contributed by atoms with Gasteiger partial charge in [-0.15, -0.1) is 0 Å². The Bertz CT molecular complexity index is 128. The molecule has 0 aromatic heterocycles. The molecule has 1 fully saturated rings. The quantitative estimate of drug-likeness (QED) is 0.629. The molecular formula is C8H16O4. The molecule has 2 N–H and O–H groups in total. The lowest BCUT2D eigenvalue weighted by Gasteiger charge is -2.31. The van der Waals surface area contributed by atoms with Crippen LogP contribution in [0.5, 0.6) is 0 Å². The zero-order valence-electron chi connectivity index (χ0n) is 7.27. The zero-order valence-corrected chi connectivity index (χ0v) is 7.27. The van der Waals surface area contributed by atoms with E-state index in [0.29, 0.717) is 19.4 Å². The van der Waals surface area contributed by atoms with Crippen molar-refractivity contribution in [1.82, 2.24) is 0 Å². The smallest absolute Gasteiger partial charge is 0.160 e. The summed E-state index contributed by atoms with van der Waals surface area (Å²) < 4.78 is 10.5. The topological polar surface area (TPSA) is 58.9 Å². The predicted molar refractivity (Wildman–Crippen MR) is 42.6 cm³/mol. The van der Waals surface area contributed by atoms with Gasteiger partial charge < -0.3 is 19.7 Å². The van der Waals surface area contributed by atoms with Crippen molar-refractivity contribution >= 4 is 0 Å². The summed E-state index contributed by atoms with van der Waals surface area (Å²) in [5.74, 6) is 0. The van der Waals surface area contributed by atoms with E-state index in [2.05, 4.69) is 0 Å². The maximum absolute atomic E-state index is 9.34. The molecule has 1 saturated heterocycles. The van der Waals surface area contributed by atoms with Gasteiger partial charge >= 0.3 is 0 Å². The first-order chi connectivity index (χ1) is 5.76. The molecule has 0 spiro atoms. The van der Waals surface area contributed by atoms with Crippen LogP contribution in [0.3, 0.4) is 0 Å². The highest BCUT2D eigenvalue weighted by atomic mass is 16.7. The molecule has 1 heterocycles. The molecule has 3 unspecified atom stereocenters. The lowest BCUT2D eigenvalue weighted by atomic mass is 10.1. The van der Waals surface area contributed by atoms with Crippen LogP contribution in [0.4, 0.5) is 0 Å². The van der Waals surface area contributed by atoms with Gasteiger partial charge in [-0.05, 0) is 6.92 Å². The minimum atomic E-state index is -0.410. The van der Waals surface area contributed by atoms with Gasteiger partial charge in [0.05, 0.1) is 18.8 Å². The molecule has 72 valence electrons. The minimum Gasteiger partial charge on any atom is -0.394 e. The van der Waals surface area contributed by atoms with Gasteiger partial charge in [0.2, 0.25) is 0 Å². The number of hydrogen-bond acceptors (Lipinski definition) is 4. The average molecular weight is 176 g/mol. The van der Waals surface area contributed by atoms with Gasteiger partial charge in [-0.2, -0.15) is 0 Å². The largest absolute Gasteiger partial charge is 0.394 e. The van der Waals surface area contributed by atoms with Crippen LogP contribution in [0.15, 0.2) is 0 Å². The summed E-state index contributed by atoms with van der Waals surface area (Å²) in [7, 11) is 0. The summed E-state index contributed by atoms with van der Waals surface area (Å²) in [5, 5.41) is 18.1. The summed E-state index contributed by atoms with van der Waals surface area (Å²) in [6.45, 7) is 2.38. The monoisotopic (exact) mass is 176 g/mol. The molecule has 0 aliphatic carbocycles. The van der Waals surface area contributed by atoms with Crippen molar-refractivity contribution in [1.29, 1.82) is 0 Å². The maximum atomic E-state index is 9.34. The first kappa shape index (κ1) is 9.92. The predicted octanol–water partition coefficient (Wildman–Crippen LogP) is -0.119. The number of ether oxygens (including phenoxy) is 2. The lowest BCUT2D eigenvalue weighted by Crippen LogP contribution is -2.38. The Morgan fingerprint density at radius 3 is 2.83 bits per heavy atom. The number of aliphatic hydroxyl groups excluding tert-OH is 2. The Hall–Kier alpha value is -0.160. The third-order valence-corrected chi connectivity index (χ3v) is 1.90. The van der Waals surface area contributed by atoms with Crippen molar-refractivity contribution < 1.29 is 19.7 Å². The molecule has 1 rings (SSSR count). The standard InChI is InChI=1S/C8H16O4/c1-2-11-8-4-6(10)3-7(5-9)12-8/h6-10H,2-5H2,1H3. The van der Waals surface area contributed by atoms with Crippen molar-refractivity contribution in [3.63, 3.8) is 0 Å². The van der Waals surface area contributed by atoms with Gasteiger partial charge in [0, 0.05) is 19.4 Å². The fraction of sp³-hybridized carbons (Fsp3) is 1.00. The SMILES string of the molecule is CCOC1CC(O)CC(CO)O1. The van der Waals surface area contributed by atoms with Gasteiger partial charge in [0.25, 0.3) is 0 Å². The molecule has 4 nitrogen and oxygen atoms in total. The molecule has 0 aromatic carbocycles. The number of rotatable bonds is 3. The molecule has 1 aliphatic heterocycles. The molecule has 3 atom stereocenters. The summed E-state index contributed by atoms with van der Waals surface area (Å²) in [5.41, 5.74) is 0. The van der Waals surface area contributed by atoms with Crippen LogP contribution in [0.2, 0.25) is 0 Å². The Labute approximate surface area is 72.1 Å². The van der Waals surface area contributed by atoms with Crippen molar-refractivity contribution in [2.24, 2.45) is 0 Å². The minimum absolute atomic E-state index is 0.0549. The number of aliphatic hydroxyl groups is 2. The summed E-state index contributed by atoms with van der Waals surface area (Å²) in [6.07, 6.45) is -0.0293. The van der Waals surface area contributed by atoms with Crippen molar-refractivity contribution in [2.45, 2.75) is 38.3 Å². The van der Waals surface area contributed by atoms with Gasteiger partial charge in [-0.1, -0.05) is 0 Å². The third-order valence-electron chi connectivity index (χ3n) is 1.90. The van der Waals surface area contributed by atoms with Crippen molar-refractivity contribution in [3.05, 3.63) is 0 Å². The first-order valence-electron chi connectivity index (χ1n) is 4.32. The first-order valence-corrected chi connectivity index (χ1v) is 4.32. The molecule has 0 saturated carbocycles. The van der Waals surface area contributed by atoms with Crippen molar-refractivity contribution in [2.75, 3.05) is 13.2 Å². The van der Waals surface area contributed by atoms with E-state index in [1.165, 1.54) is 0 Å². The molecule has 0 bridgehead atoms. The van der Waals surface area contributed by atoms with Gasteiger partial charge in [0.1, 0.15) is 0 Å². The number of hydrogen-bond donors (Lipinski definition) is 2. The van der Waals surface area contributed by atoms with E-state index in [1.54, 1.807) is 0 Å². The van der Waals surface area contributed by atoms with E-state index < -0.39 is 6.10 Å². The van der Waals surface area contributed by atoms with Crippen LogP contribution in [-0.2, 0) is 9.47 Å². The Morgan fingerprint density at radius 1 is 1.50 bits per heavy atom. The highest BCUT2D eigenvalue weighted by Crippen LogP contribution is 2.19. The van der Waals surface area contributed by atoms with E-state index >= 15 is 0 Å². The van der Waals surface area contributed by atoms with Crippen LogP contribution in [0.1, 0.15) is 19.8 Å². The van der Waals surface area contributed by atoms with Gasteiger partial charge in [0.15, 0.2) is 6.29 Å². The maximum Gasteiger partial charge on any atom is 0.160 e. The molecular weight excluding hydrogens is 160 g/mol. The van der Waals surface area contributed by atoms with E-state index in [1.807, 2.05) is 6.92 Å². The van der Waals surface area contributed by atoms with Crippen LogP contribution in [0, 0.1) is 0 Å². The molecule has 4 heteroatoms. The normalized spacial score (nSPS) is 36.8. The Morgan fingerprint density at radius 2 is 2.25 bits per heavy atom. The molecule has 12 heavy (non-hydrogen) atoms. The lowest BCUT2D eigenvalue weighted by molar-refractivity contribution is -0.219. The third kappa shape index (κ3) is 2.71. The van der Waals surface area contributed by atoms with Crippen LogP contribution < -0.4 is 0 Å². The molecule has 0 aromatic rings. The Kier molecular flexibility index (Phi) is 3.94. The second-order valence-corrected chi connectivity index (χ2v) is 2.95. The van der Waals surface area contributed by atoms with Crippen LogP contribution in [0.25, 0.3) is 0 Å². The molecule has 0 radical (unpaired) electrons. The van der Waals surface area contributed by atoms with Gasteiger partial charge in [-0.25, -0.2) is 0 Å². The van der Waals surface area contributed by atoms with E-state index in [0.717, 1.165) is 0 Å². The van der Waals surface area contributed by atoms with E-state index in [9.17, 15) is 5.11 Å². The van der Waals surface area contributed by atoms with E-state index in [-0.39, 0.29) is 19.0 Å². The molecule has 0 amide bonds. The van der Waals surface area contributed by atoms with Crippen LogP contribution >= 0.6 is 0 Å². The highest BCUT2D eigenvalue weighted by molar-refractivity contribution is 4.72. The highest BCUT2D eigenvalue weighted by Gasteiger charge is 2.27. The Balaban J connectivity index is 2.34. The molecule has 1 aliphatic rings. The van der Waals surface area contributed by atoms with Gasteiger partial charge in [-0.3, -0.25) is 0 Å². The summed E-state index contributed by atoms with van der Waals surface area (Å²) in [4.78, 5) is 0. The van der Waals surface area contributed by atoms with E-state index in [4.69, 9.17) is 14.6 Å². The van der Waals surface area contributed by atoms with Crippen molar-refractivity contribution in [3.8, 4) is 0 Å². The second kappa shape index (κ2) is 4.77. The second-order valence-electron chi connectivity index (χ2n) is 2.95. The summed E-state index contributed by atoms with van der Waals surface area (Å²) >= 11 is 0. The van der Waals surface area contributed by atoms with Crippen LogP contribution in [-0.4, -0.2) is 41.9 Å². The summed E-state index contributed by atoms with van der Waals surface area (Å²) in [6, 6.07) is 0. The zero-order chi connectivity index (χ0) is 8.97. The fourth-order valence-electron chi connectivity index (χ4n) is 1.36. The fourth-order valence-corrected chi connectivity index (χ4v) is 1.36.